The van der Waals surface area contributed by atoms with Crippen molar-refractivity contribution < 1.29 is 4.74 Å². The van der Waals surface area contributed by atoms with Crippen molar-refractivity contribution >= 4 is 22.4 Å². The highest BCUT2D eigenvalue weighted by Gasteiger charge is 2.08. The Balaban J connectivity index is 2.53. The average Bonchev–Trinajstić information content (AvgIpc) is 2.38. The van der Waals surface area contributed by atoms with Crippen molar-refractivity contribution in [2.45, 2.75) is 26.2 Å². The molecule has 17 heavy (non-hydrogen) atoms. The lowest BCUT2D eigenvalue weighted by Crippen LogP contribution is -1.96. The van der Waals surface area contributed by atoms with Gasteiger partial charge in [0.1, 0.15) is 5.75 Å². The van der Waals surface area contributed by atoms with E-state index in [9.17, 15) is 0 Å². The Bertz CT molecular complexity index is 528. The molecule has 0 bridgehead atoms. The number of ether oxygens (including phenoxy) is 1. The van der Waals surface area contributed by atoms with Gasteiger partial charge in [-0.2, -0.15) is 5.10 Å². The number of unbranched alkanes of at least 4 members (excludes halogenated alkanes) is 1. The van der Waals surface area contributed by atoms with Crippen molar-refractivity contribution in [3.8, 4) is 5.75 Å². The third-order valence-electron chi connectivity index (χ3n) is 2.79. The molecule has 1 aromatic carbocycles. The van der Waals surface area contributed by atoms with Crippen LogP contribution in [0.1, 0.15) is 25.5 Å². The zero-order valence-corrected chi connectivity index (χ0v) is 10.8. The van der Waals surface area contributed by atoms with E-state index in [0.29, 0.717) is 5.15 Å². The summed E-state index contributed by atoms with van der Waals surface area (Å²) in [4.78, 5) is 0. The van der Waals surface area contributed by atoms with Gasteiger partial charge in [-0.3, -0.25) is 0 Å². The largest absolute Gasteiger partial charge is 0.497 e. The van der Waals surface area contributed by atoms with E-state index in [1.165, 1.54) is 0 Å². The molecule has 0 aliphatic carbocycles. The molecule has 0 atom stereocenters. The van der Waals surface area contributed by atoms with E-state index < -0.39 is 0 Å². The first-order valence-corrected chi connectivity index (χ1v) is 6.13. The highest BCUT2D eigenvalue weighted by molar-refractivity contribution is 6.34. The van der Waals surface area contributed by atoms with Crippen molar-refractivity contribution in [1.82, 2.24) is 10.2 Å². The third kappa shape index (κ3) is 2.50. The molecule has 0 aliphatic heterocycles. The number of nitrogens with zero attached hydrogens (tertiary/aromatic N) is 2. The second-order valence-electron chi connectivity index (χ2n) is 3.95. The summed E-state index contributed by atoms with van der Waals surface area (Å²) in [5.41, 5.74) is 1.01. The van der Waals surface area contributed by atoms with Crippen LogP contribution < -0.4 is 4.74 Å². The minimum atomic E-state index is 0.430. The Morgan fingerprint density at radius 1 is 1.24 bits per heavy atom. The fourth-order valence-electron chi connectivity index (χ4n) is 1.81. The van der Waals surface area contributed by atoms with Crippen molar-refractivity contribution in [2.75, 3.05) is 7.11 Å². The third-order valence-corrected chi connectivity index (χ3v) is 3.06. The summed E-state index contributed by atoms with van der Waals surface area (Å²) < 4.78 is 5.19. The lowest BCUT2D eigenvalue weighted by atomic mass is 10.1. The Hall–Kier alpha value is -1.35. The Kier molecular flexibility index (Phi) is 3.79. The second-order valence-corrected chi connectivity index (χ2v) is 4.31. The molecule has 90 valence electrons. The van der Waals surface area contributed by atoms with Crippen LogP contribution in [0.2, 0.25) is 5.15 Å². The normalized spacial score (nSPS) is 10.8. The molecule has 3 nitrogen and oxygen atoms in total. The molecule has 0 radical (unpaired) electrons. The molecule has 0 aliphatic rings. The van der Waals surface area contributed by atoms with Crippen LogP contribution in [0.3, 0.4) is 0 Å². The van der Waals surface area contributed by atoms with E-state index in [-0.39, 0.29) is 0 Å². The molecular weight excluding hydrogens is 236 g/mol. The summed E-state index contributed by atoms with van der Waals surface area (Å²) >= 11 is 6.06. The molecule has 0 amide bonds. The number of benzene rings is 1. The zero-order valence-electron chi connectivity index (χ0n) is 10.0. The maximum atomic E-state index is 6.06. The van der Waals surface area contributed by atoms with Crippen LogP contribution in [-0.4, -0.2) is 17.3 Å². The zero-order chi connectivity index (χ0) is 12.3. The van der Waals surface area contributed by atoms with Crippen LogP contribution >= 0.6 is 11.6 Å². The van der Waals surface area contributed by atoms with Crippen LogP contribution in [0.5, 0.6) is 5.75 Å². The number of methoxy groups -OCH3 is 1. The van der Waals surface area contributed by atoms with Crippen molar-refractivity contribution in [1.29, 1.82) is 0 Å². The Morgan fingerprint density at radius 2 is 2.06 bits per heavy atom. The molecular formula is C13H15ClN2O. The molecule has 1 heterocycles. The predicted octanol–water partition coefficient (Wildman–Crippen LogP) is 3.63. The summed E-state index contributed by atoms with van der Waals surface area (Å²) in [7, 11) is 1.64. The quantitative estimate of drug-likeness (QED) is 0.831. The molecule has 2 rings (SSSR count). The standard InChI is InChI=1S/C13H15ClN2O/c1-3-4-5-12-10-7-6-9(17-2)8-11(10)13(14)16-15-12/h6-8H,3-5H2,1-2H3. The van der Waals surface area contributed by atoms with Gasteiger partial charge in [-0.05, 0) is 31.0 Å². The van der Waals surface area contributed by atoms with E-state index in [0.717, 1.165) is 41.5 Å². The molecule has 2 aromatic rings. The summed E-state index contributed by atoms with van der Waals surface area (Å²) in [6.07, 6.45) is 3.18. The van der Waals surface area contributed by atoms with E-state index in [2.05, 4.69) is 17.1 Å². The molecule has 0 fully saturated rings. The fraction of sp³-hybridized carbons (Fsp3) is 0.385. The van der Waals surface area contributed by atoms with Gasteiger partial charge < -0.3 is 4.74 Å². The Labute approximate surface area is 106 Å². The number of aryl methyl sites for hydroxylation is 1. The first-order valence-electron chi connectivity index (χ1n) is 5.75. The maximum absolute atomic E-state index is 6.06. The lowest BCUT2D eigenvalue weighted by Gasteiger charge is -2.07. The van der Waals surface area contributed by atoms with Crippen molar-refractivity contribution in [3.05, 3.63) is 29.0 Å². The van der Waals surface area contributed by atoms with Gasteiger partial charge in [0.25, 0.3) is 0 Å². The molecule has 4 heteroatoms. The summed E-state index contributed by atoms with van der Waals surface area (Å²) in [5, 5.41) is 10.6. The number of fused-ring (bicyclic) bond motifs is 1. The smallest absolute Gasteiger partial charge is 0.159 e. The number of hydrogen-bond acceptors (Lipinski definition) is 3. The molecule has 0 N–H and O–H groups in total. The minimum absolute atomic E-state index is 0.430. The van der Waals surface area contributed by atoms with Gasteiger partial charge in [0.05, 0.1) is 12.8 Å². The monoisotopic (exact) mass is 250 g/mol. The molecule has 0 saturated heterocycles. The van der Waals surface area contributed by atoms with Crippen LogP contribution in [0, 0.1) is 0 Å². The van der Waals surface area contributed by atoms with Crippen LogP contribution in [0.4, 0.5) is 0 Å². The minimum Gasteiger partial charge on any atom is -0.497 e. The topological polar surface area (TPSA) is 35.0 Å². The first kappa shape index (κ1) is 12.1. The number of halogens is 1. The van der Waals surface area contributed by atoms with Gasteiger partial charge in [-0.25, -0.2) is 0 Å². The Morgan fingerprint density at radius 3 is 2.76 bits per heavy atom. The summed E-state index contributed by atoms with van der Waals surface area (Å²) in [6.45, 7) is 2.16. The SMILES string of the molecule is CCCCc1nnc(Cl)c2cc(OC)ccc12. The summed E-state index contributed by atoms with van der Waals surface area (Å²) in [6, 6.07) is 5.83. The molecule has 0 unspecified atom stereocenters. The molecule has 1 aromatic heterocycles. The van der Waals surface area contributed by atoms with Crippen LogP contribution in [0.15, 0.2) is 18.2 Å². The predicted molar refractivity (Wildman–Crippen MR) is 69.7 cm³/mol. The average molecular weight is 251 g/mol. The van der Waals surface area contributed by atoms with E-state index >= 15 is 0 Å². The number of rotatable bonds is 4. The van der Waals surface area contributed by atoms with Crippen molar-refractivity contribution in [2.24, 2.45) is 0 Å². The van der Waals surface area contributed by atoms with Gasteiger partial charge in [0.2, 0.25) is 0 Å². The van der Waals surface area contributed by atoms with Crippen LogP contribution in [0.25, 0.3) is 10.8 Å². The van der Waals surface area contributed by atoms with E-state index in [1.807, 2.05) is 18.2 Å². The van der Waals surface area contributed by atoms with E-state index in [4.69, 9.17) is 16.3 Å². The second kappa shape index (κ2) is 5.32. The van der Waals surface area contributed by atoms with Gasteiger partial charge in [0, 0.05) is 10.8 Å². The number of aromatic nitrogens is 2. The first-order chi connectivity index (χ1) is 8.26. The van der Waals surface area contributed by atoms with Gasteiger partial charge in [-0.15, -0.1) is 5.10 Å². The van der Waals surface area contributed by atoms with Gasteiger partial charge in [-0.1, -0.05) is 24.9 Å². The van der Waals surface area contributed by atoms with Crippen LogP contribution in [-0.2, 0) is 6.42 Å². The maximum Gasteiger partial charge on any atom is 0.159 e. The van der Waals surface area contributed by atoms with Crippen molar-refractivity contribution in [3.63, 3.8) is 0 Å². The summed E-state index contributed by atoms with van der Waals surface area (Å²) in [5.74, 6) is 0.786. The molecule has 0 saturated carbocycles. The molecule has 0 spiro atoms. The highest BCUT2D eigenvalue weighted by atomic mass is 35.5. The lowest BCUT2D eigenvalue weighted by molar-refractivity contribution is 0.415. The highest BCUT2D eigenvalue weighted by Crippen LogP contribution is 2.27. The van der Waals surface area contributed by atoms with E-state index in [1.54, 1.807) is 7.11 Å². The number of hydrogen-bond donors (Lipinski definition) is 0. The van der Waals surface area contributed by atoms with Gasteiger partial charge >= 0.3 is 0 Å². The van der Waals surface area contributed by atoms with Gasteiger partial charge in [0.15, 0.2) is 5.15 Å². The fourth-order valence-corrected chi connectivity index (χ4v) is 2.01.